The zero-order chi connectivity index (χ0) is 19.5. The smallest absolute Gasteiger partial charge is 0.254 e. The third kappa shape index (κ3) is 3.65. The van der Waals surface area contributed by atoms with E-state index in [0.29, 0.717) is 6.54 Å². The van der Waals surface area contributed by atoms with Gasteiger partial charge >= 0.3 is 0 Å². The molecule has 1 aromatic carbocycles. The molecule has 142 valence electrons. The van der Waals surface area contributed by atoms with Crippen molar-refractivity contribution >= 4 is 5.91 Å². The Labute approximate surface area is 165 Å². The number of amides is 1. The van der Waals surface area contributed by atoms with Crippen LogP contribution in [-0.4, -0.2) is 38.8 Å². The molecule has 28 heavy (non-hydrogen) atoms. The van der Waals surface area contributed by atoms with Gasteiger partial charge in [0, 0.05) is 48.7 Å². The van der Waals surface area contributed by atoms with E-state index in [1.165, 1.54) is 0 Å². The highest BCUT2D eigenvalue weighted by molar-refractivity contribution is 5.95. The van der Waals surface area contributed by atoms with Crippen LogP contribution in [-0.2, 0) is 0 Å². The maximum absolute atomic E-state index is 13.1. The van der Waals surface area contributed by atoms with Gasteiger partial charge in [0.1, 0.15) is 5.82 Å². The zero-order valence-electron chi connectivity index (χ0n) is 16.3. The van der Waals surface area contributed by atoms with E-state index in [1.807, 2.05) is 61.3 Å². The van der Waals surface area contributed by atoms with E-state index in [1.54, 1.807) is 12.4 Å². The van der Waals surface area contributed by atoms with Gasteiger partial charge in [0.15, 0.2) is 0 Å². The van der Waals surface area contributed by atoms with Gasteiger partial charge in [0.05, 0.1) is 5.69 Å². The third-order valence-electron chi connectivity index (χ3n) is 5.40. The Kier molecular flexibility index (Phi) is 5.15. The van der Waals surface area contributed by atoms with Crippen LogP contribution >= 0.6 is 0 Å². The molecule has 3 aromatic rings. The van der Waals surface area contributed by atoms with E-state index in [2.05, 4.69) is 9.97 Å². The van der Waals surface area contributed by atoms with E-state index in [0.717, 1.165) is 53.2 Å². The summed E-state index contributed by atoms with van der Waals surface area (Å²) in [5, 5.41) is 0. The quantitative estimate of drug-likeness (QED) is 0.692. The summed E-state index contributed by atoms with van der Waals surface area (Å²) < 4.78 is 0. The van der Waals surface area contributed by atoms with Crippen molar-refractivity contribution in [2.75, 3.05) is 13.1 Å². The van der Waals surface area contributed by atoms with Gasteiger partial charge < -0.3 is 4.90 Å². The van der Waals surface area contributed by atoms with Crippen LogP contribution in [0.5, 0.6) is 0 Å². The van der Waals surface area contributed by atoms with E-state index in [4.69, 9.17) is 4.98 Å². The molecule has 5 heteroatoms. The fraction of sp³-hybridized carbons (Fsp3) is 0.304. The predicted octanol–water partition coefficient (Wildman–Crippen LogP) is 4.18. The molecule has 0 bridgehead atoms. The summed E-state index contributed by atoms with van der Waals surface area (Å²) in [5.74, 6) is 1.07. The number of aromatic nitrogens is 3. The Morgan fingerprint density at radius 2 is 1.89 bits per heavy atom. The maximum Gasteiger partial charge on any atom is 0.254 e. The summed E-state index contributed by atoms with van der Waals surface area (Å²) in [5.41, 5.74) is 4.93. The summed E-state index contributed by atoms with van der Waals surface area (Å²) in [6.45, 7) is 5.38. The molecule has 0 aliphatic carbocycles. The molecule has 1 atom stereocenters. The van der Waals surface area contributed by atoms with Gasteiger partial charge in [-0.3, -0.25) is 9.78 Å². The lowest BCUT2D eigenvalue weighted by Crippen LogP contribution is -2.39. The fourth-order valence-corrected chi connectivity index (χ4v) is 3.92. The predicted molar refractivity (Wildman–Crippen MR) is 109 cm³/mol. The average molecular weight is 372 g/mol. The molecule has 1 amide bonds. The lowest BCUT2D eigenvalue weighted by molar-refractivity contribution is 0.0705. The second-order valence-corrected chi connectivity index (χ2v) is 7.36. The Morgan fingerprint density at radius 3 is 2.68 bits per heavy atom. The van der Waals surface area contributed by atoms with Gasteiger partial charge in [-0.15, -0.1) is 0 Å². The monoisotopic (exact) mass is 372 g/mol. The molecule has 4 rings (SSSR count). The fourth-order valence-electron chi connectivity index (χ4n) is 3.92. The van der Waals surface area contributed by atoms with Gasteiger partial charge in [-0.2, -0.15) is 0 Å². The number of aryl methyl sites for hydroxylation is 2. The third-order valence-corrected chi connectivity index (χ3v) is 5.40. The first-order chi connectivity index (χ1) is 13.6. The molecule has 0 saturated carbocycles. The molecular formula is C23H24N4O. The standard InChI is InChI=1S/C23H24N4O/c1-16-6-3-4-8-20(16)23(28)27-13-5-7-19(15-27)22-21(14-25-17(2)26-22)18-9-11-24-12-10-18/h3-4,6,8-12,14,19H,5,7,13,15H2,1-2H3. The first-order valence-corrected chi connectivity index (χ1v) is 9.72. The van der Waals surface area contributed by atoms with Crippen LogP contribution in [0, 0.1) is 13.8 Å². The van der Waals surface area contributed by atoms with Crippen molar-refractivity contribution in [2.45, 2.75) is 32.6 Å². The zero-order valence-corrected chi connectivity index (χ0v) is 16.3. The highest BCUT2D eigenvalue weighted by Gasteiger charge is 2.28. The number of carbonyl (C=O) groups excluding carboxylic acids is 1. The van der Waals surface area contributed by atoms with E-state index >= 15 is 0 Å². The number of carbonyl (C=O) groups is 1. The van der Waals surface area contributed by atoms with Gasteiger partial charge in [-0.05, 0) is 56.0 Å². The Morgan fingerprint density at radius 1 is 1.11 bits per heavy atom. The summed E-state index contributed by atoms with van der Waals surface area (Å²) in [6.07, 6.45) is 7.46. The minimum absolute atomic E-state index is 0.110. The van der Waals surface area contributed by atoms with Crippen LogP contribution in [0.15, 0.2) is 55.0 Å². The molecule has 1 aliphatic rings. The highest BCUT2D eigenvalue weighted by atomic mass is 16.2. The minimum atomic E-state index is 0.110. The van der Waals surface area contributed by atoms with Gasteiger partial charge in [0.25, 0.3) is 5.91 Å². The summed E-state index contributed by atoms with van der Waals surface area (Å²) >= 11 is 0. The molecule has 0 N–H and O–H groups in total. The summed E-state index contributed by atoms with van der Waals surface area (Å²) in [7, 11) is 0. The Hall–Kier alpha value is -3.08. The number of hydrogen-bond donors (Lipinski definition) is 0. The molecule has 1 unspecified atom stereocenters. The lowest BCUT2D eigenvalue weighted by Gasteiger charge is -2.33. The van der Waals surface area contributed by atoms with Gasteiger partial charge in [-0.1, -0.05) is 18.2 Å². The lowest BCUT2D eigenvalue weighted by atomic mass is 9.89. The van der Waals surface area contributed by atoms with Crippen LogP contribution in [0.4, 0.5) is 0 Å². The van der Waals surface area contributed by atoms with E-state index < -0.39 is 0 Å². The van der Waals surface area contributed by atoms with Crippen molar-refractivity contribution in [3.05, 3.63) is 77.6 Å². The van der Waals surface area contributed by atoms with Gasteiger partial charge in [-0.25, -0.2) is 9.97 Å². The molecule has 0 radical (unpaired) electrons. The molecule has 1 aliphatic heterocycles. The van der Waals surface area contributed by atoms with Crippen molar-refractivity contribution in [3.8, 4) is 11.1 Å². The minimum Gasteiger partial charge on any atom is -0.338 e. The first kappa shape index (κ1) is 18.3. The average Bonchev–Trinajstić information content (AvgIpc) is 2.74. The van der Waals surface area contributed by atoms with Crippen molar-refractivity contribution < 1.29 is 4.79 Å². The van der Waals surface area contributed by atoms with Crippen LogP contribution in [0.25, 0.3) is 11.1 Å². The van der Waals surface area contributed by atoms with Crippen LogP contribution in [0.3, 0.4) is 0 Å². The van der Waals surface area contributed by atoms with Gasteiger partial charge in [0.2, 0.25) is 0 Å². The SMILES string of the molecule is Cc1ncc(-c2ccncc2)c(C2CCCN(C(=O)c3ccccc3C)C2)n1. The van der Waals surface area contributed by atoms with Crippen molar-refractivity contribution in [1.82, 2.24) is 19.9 Å². The number of benzene rings is 1. The summed E-state index contributed by atoms with van der Waals surface area (Å²) in [6, 6.07) is 11.8. The molecule has 1 fully saturated rings. The number of nitrogens with zero attached hydrogens (tertiary/aromatic N) is 4. The summed E-state index contributed by atoms with van der Waals surface area (Å²) in [4.78, 5) is 28.4. The second kappa shape index (κ2) is 7.89. The van der Waals surface area contributed by atoms with Crippen LogP contribution in [0.1, 0.15) is 46.2 Å². The Bertz CT molecular complexity index is 987. The molecule has 2 aromatic heterocycles. The first-order valence-electron chi connectivity index (χ1n) is 9.72. The maximum atomic E-state index is 13.1. The molecular weight excluding hydrogens is 348 g/mol. The van der Waals surface area contributed by atoms with Crippen LogP contribution < -0.4 is 0 Å². The normalized spacial score (nSPS) is 16.8. The largest absolute Gasteiger partial charge is 0.338 e. The molecule has 5 nitrogen and oxygen atoms in total. The molecule has 3 heterocycles. The molecule has 0 spiro atoms. The number of hydrogen-bond acceptors (Lipinski definition) is 4. The highest BCUT2D eigenvalue weighted by Crippen LogP contribution is 2.33. The molecule has 1 saturated heterocycles. The number of likely N-dealkylation sites (tertiary alicyclic amines) is 1. The van der Waals surface area contributed by atoms with Crippen LogP contribution in [0.2, 0.25) is 0 Å². The van der Waals surface area contributed by atoms with Crippen molar-refractivity contribution in [2.24, 2.45) is 0 Å². The topological polar surface area (TPSA) is 59.0 Å². The number of pyridine rings is 1. The second-order valence-electron chi connectivity index (χ2n) is 7.36. The Balaban J connectivity index is 1.65. The number of piperidine rings is 1. The van der Waals surface area contributed by atoms with E-state index in [-0.39, 0.29) is 11.8 Å². The van der Waals surface area contributed by atoms with Crippen molar-refractivity contribution in [3.63, 3.8) is 0 Å². The van der Waals surface area contributed by atoms with E-state index in [9.17, 15) is 4.79 Å². The van der Waals surface area contributed by atoms with Crippen molar-refractivity contribution in [1.29, 1.82) is 0 Å². The number of rotatable bonds is 3.